The van der Waals surface area contributed by atoms with Gasteiger partial charge in [0, 0.05) is 20.1 Å². The Morgan fingerprint density at radius 2 is 2.12 bits per heavy atom. The molecule has 3 aromatic rings. The van der Waals surface area contributed by atoms with Gasteiger partial charge in [-0.05, 0) is 52.0 Å². The molecule has 6 nitrogen and oxygen atoms in total. The zero-order valence-electron chi connectivity index (χ0n) is 14.4. The molecule has 1 aliphatic rings. The molecule has 3 heterocycles. The molecule has 25 heavy (non-hydrogen) atoms. The summed E-state index contributed by atoms with van der Waals surface area (Å²) in [4.78, 5) is 11.2. The van der Waals surface area contributed by atoms with E-state index < -0.39 is 0 Å². The molecule has 0 atom stereocenters. The Morgan fingerprint density at radius 3 is 2.96 bits per heavy atom. The maximum atomic E-state index is 5.76. The second-order valence-corrected chi connectivity index (χ2v) is 7.01. The van der Waals surface area contributed by atoms with Crippen molar-refractivity contribution < 1.29 is 4.74 Å². The summed E-state index contributed by atoms with van der Waals surface area (Å²) in [5, 5.41) is 5.39. The number of aromatic nitrogens is 4. The van der Waals surface area contributed by atoms with Crippen molar-refractivity contribution in [1.82, 2.24) is 19.7 Å². The molecule has 0 bridgehead atoms. The van der Waals surface area contributed by atoms with E-state index in [2.05, 4.69) is 61.0 Å². The van der Waals surface area contributed by atoms with Gasteiger partial charge in [-0.2, -0.15) is 5.10 Å². The van der Waals surface area contributed by atoms with Gasteiger partial charge < -0.3 is 9.64 Å². The number of hydrogen-bond donors (Lipinski definition) is 0. The highest BCUT2D eigenvalue weighted by Crippen LogP contribution is 2.33. The molecular formula is C18H20BrN5O. The van der Waals surface area contributed by atoms with Crippen LogP contribution in [0.15, 0.2) is 29.1 Å². The lowest BCUT2D eigenvalue weighted by Gasteiger charge is -2.30. The first-order chi connectivity index (χ1) is 12.2. The van der Waals surface area contributed by atoms with Crippen LogP contribution in [-0.4, -0.2) is 32.9 Å². The highest BCUT2D eigenvalue weighted by molar-refractivity contribution is 9.10. The molecule has 130 valence electrons. The van der Waals surface area contributed by atoms with Crippen LogP contribution in [0.25, 0.3) is 11.0 Å². The van der Waals surface area contributed by atoms with Gasteiger partial charge in [-0.15, -0.1) is 0 Å². The lowest BCUT2D eigenvalue weighted by Crippen LogP contribution is -2.31. The monoisotopic (exact) mass is 401 g/mol. The largest absolute Gasteiger partial charge is 0.494 e. The molecule has 0 fully saturated rings. The standard InChI is InChI=1S/C18H20BrN5O/c1-3-8-25-14-5-4-13-10-24(7-6-12(13)9-14)18-15-16(19)22-23(2)17(15)20-11-21-18/h4-5,9,11H,3,6-8,10H2,1-2H3. The molecular weight excluding hydrogens is 382 g/mol. The van der Waals surface area contributed by atoms with E-state index >= 15 is 0 Å². The van der Waals surface area contributed by atoms with Crippen molar-refractivity contribution in [2.45, 2.75) is 26.3 Å². The molecule has 4 rings (SSSR count). The minimum Gasteiger partial charge on any atom is -0.494 e. The summed E-state index contributed by atoms with van der Waals surface area (Å²) in [7, 11) is 1.90. The molecule has 0 saturated carbocycles. The fourth-order valence-corrected chi connectivity index (χ4v) is 3.88. The zero-order valence-corrected chi connectivity index (χ0v) is 16.0. The first-order valence-corrected chi connectivity index (χ1v) is 9.29. The molecule has 2 aromatic heterocycles. The van der Waals surface area contributed by atoms with E-state index in [-0.39, 0.29) is 0 Å². The summed E-state index contributed by atoms with van der Waals surface area (Å²) in [5.74, 6) is 1.90. The molecule has 0 amide bonds. The maximum Gasteiger partial charge on any atom is 0.164 e. The predicted molar refractivity (Wildman–Crippen MR) is 101 cm³/mol. The third-order valence-electron chi connectivity index (χ3n) is 4.52. The minimum absolute atomic E-state index is 0.763. The van der Waals surface area contributed by atoms with Gasteiger partial charge in [-0.3, -0.25) is 0 Å². The first kappa shape index (κ1) is 16.3. The van der Waals surface area contributed by atoms with Crippen molar-refractivity contribution in [1.29, 1.82) is 0 Å². The average Bonchev–Trinajstić information content (AvgIpc) is 2.93. The summed E-state index contributed by atoms with van der Waals surface area (Å²) in [6.45, 7) is 4.63. The lowest BCUT2D eigenvalue weighted by atomic mass is 9.99. The summed E-state index contributed by atoms with van der Waals surface area (Å²) in [6.07, 6.45) is 3.61. The zero-order chi connectivity index (χ0) is 17.4. The Morgan fingerprint density at radius 1 is 1.24 bits per heavy atom. The van der Waals surface area contributed by atoms with Gasteiger partial charge in [0.2, 0.25) is 0 Å². The van der Waals surface area contributed by atoms with Gasteiger partial charge in [0.25, 0.3) is 0 Å². The van der Waals surface area contributed by atoms with Gasteiger partial charge >= 0.3 is 0 Å². The smallest absolute Gasteiger partial charge is 0.164 e. The number of nitrogens with zero attached hydrogens (tertiary/aromatic N) is 5. The molecule has 1 aliphatic heterocycles. The number of rotatable bonds is 4. The van der Waals surface area contributed by atoms with Crippen LogP contribution in [0.3, 0.4) is 0 Å². The van der Waals surface area contributed by atoms with Crippen LogP contribution < -0.4 is 9.64 Å². The van der Waals surface area contributed by atoms with E-state index in [1.165, 1.54) is 11.1 Å². The summed E-state index contributed by atoms with van der Waals surface area (Å²) in [6, 6.07) is 6.41. The topological polar surface area (TPSA) is 56.1 Å². The van der Waals surface area contributed by atoms with Gasteiger partial charge in [0.1, 0.15) is 22.5 Å². The molecule has 0 spiro atoms. The van der Waals surface area contributed by atoms with Gasteiger partial charge in [0.15, 0.2) is 5.65 Å². The van der Waals surface area contributed by atoms with Crippen LogP contribution in [0.2, 0.25) is 0 Å². The highest BCUT2D eigenvalue weighted by atomic mass is 79.9. The van der Waals surface area contributed by atoms with Crippen molar-refractivity contribution in [3.05, 3.63) is 40.3 Å². The third kappa shape index (κ3) is 2.97. The quantitative estimate of drug-likeness (QED) is 0.669. The number of ether oxygens (including phenoxy) is 1. The van der Waals surface area contributed by atoms with Crippen LogP contribution in [0.1, 0.15) is 24.5 Å². The Bertz CT molecular complexity index is 923. The summed E-state index contributed by atoms with van der Waals surface area (Å²) in [5.41, 5.74) is 3.52. The van der Waals surface area contributed by atoms with E-state index in [1.807, 2.05) is 7.05 Å². The Hall–Kier alpha value is -2.15. The SMILES string of the molecule is CCCOc1ccc2c(c1)CCN(c1ncnc3c1c(Br)nn3C)C2. The Kier molecular flexibility index (Phi) is 4.33. The van der Waals surface area contributed by atoms with Crippen LogP contribution in [-0.2, 0) is 20.0 Å². The van der Waals surface area contributed by atoms with E-state index in [0.717, 1.165) is 59.7 Å². The lowest BCUT2D eigenvalue weighted by molar-refractivity contribution is 0.317. The van der Waals surface area contributed by atoms with Crippen molar-refractivity contribution in [2.24, 2.45) is 7.05 Å². The van der Waals surface area contributed by atoms with Gasteiger partial charge in [0.05, 0.1) is 12.0 Å². The van der Waals surface area contributed by atoms with E-state index in [0.29, 0.717) is 0 Å². The number of aryl methyl sites for hydroxylation is 1. The molecule has 0 radical (unpaired) electrons. The average molecular weight is 402 g/mol. The normalized spacial score (nSPS) is 14.0. The van der Waals surface area contributed by atoms with Gasteiger partial charge in [-0.25, -0.2) is 14.6 Å². The van der Waals surface area contributed by atoms with Crippen LogP contribution in [0, 0.1) is 0 Å². The first-order valence-electron chi connectivity index (χ1n) is 8.50. The number of benzene rings is 1. The molecule has 0 saturated heterocycles. The maximum absolute atomic E-state index is 5.76. The fraction of sp³-hybridized carbons (Fsp3) is 0.389. The Labute approximate surface area is 155 Å². The predicted octanol–water partition coefficient (Wildman–Crippen LogP) is 3.48. The van der Waals surface area contributed by atoms with Crippen molar-refractivity contribution in [3.8, 4) is 5.75 Å². The molecule has 0 aliphatic carbocycles. The van der Waals surface area contributed by atoms with Crippen molar-refractivity contribution in [2.75, 3.05) is 18.1 Å². The number of halogens is 1. The molecule has 0 unspecified atom stereocenters. The summed E-state index contributed by atoms with van der Waals surface area (Å²) < 4.78 is 8.32. The summed E-state index contributed by atoms with van der Waals surface area (Å²) >= 11 is 3.55. The fourth-order valence-electron chi connectivity index (χ4n) is 3.29. The van der Waals surface area contributed by atoms with E-state index in [9.17, 15) is 0 Å². The second kappa shape index (κ2) is 6.63. The molecule has 0 N–H and O–H groups in total. The van der Waals surface area contributed by atoms with Crippen LogP contribution in [0.4, 0.5) is 5.82 Å². The molecule has 1 aromatic carbocycles. The minimum atomic E-state index is 0.763. The number of fused-ring (bicyclic) bond motifs is 2. The molecule has 7 heteroatoms. The number of hydrogen-bond acceptors (Lipinski definition) is 5. The van der Waals surface area contributed by atoms with Crippen LogP contribution in [0.5, 0.6) is 5.75 Å². The Balaban J connectivity index is 1.65. The van der Waals surface area contributed by atoms with Crippen molar-refractivity contribution >= 4 is 32.8 Å². The number of anilines is 1. The highest BCUT2D eigenvalue weighted by Gasteiger charge is 2.22. The van der Waals surface area contributed by atoms with Gasteiger partial charge in [-0.1, -0.05) is 13.0 Å². The second-order valence-electron chi connectivity index (χ2n) is 6.26. The third-order valence-corrected chi connectivity index (χ3v) is 5.08. The van der Waals surface area contributed by atoms with Crippen molar-refractivity contribution in [3.63, 3.8) is 0 Å². The van der Waals surface area contributed by atoms with E-state index in [4.69, 9.17) is 4.74 Å². The van der Waals surface area contributed by atoms with E-state index in [1.54, 1.807) is 11.0 Å². The van der Waals surface area contributed by atoms with Crippen LogP contribution >= 0.6 is 15.9 Å².